The molecule has 1 aromatic heterocycles. The van der Waals surface area contributed by atoms with Crippen LogP contribution in [0.5, 0.6) is 0 Å². The molecule has 0 radical (unpaired) electrons. The number of rotatable bonds is 8. The molecule has 2 amide bonds. The van der Waals surface area contributed by atoms with Crippen molar-refractivity contribution in [1.29, 1.82) is 5.26 Å². The molecule has 3 aromatic rings. The van der Waals surface area contributed by atoms with Gasteiger partial charge in [-0.3, -0.25) is 9.59 Å². The number of benzene rings is 2. The molecule has 0 saturated heterocycles. The molecule has 2 N–H and O–H groups in total. The van der Waals surface area contributed by atoms with Gasteiger partial charge in [0.05, 0.1) is 22.2 Å². The van der Waals surface area contributed by atoms with Crippen molar-refractivity contribution in [1.82, 2.24) is 15.5 Å². The minimum Gasteiger partial charge on any atom is -0.351 e. The normalized spacial score (nSPS) is 10.4. The van der Waals surface area contributed by atoms with Crippen molar-refractivity contribution >= 4 is 51.6 Å². The van der Waals surface area contributed by atoms with Crippen LogP contribution in [-0.4, -0.2) is 28.6 Å². The van der Waals surface area contributed by atoms with Crippen molar-refractivity contribution < 1.29 is 14.0 Å². The molecule has 0 saturated carbocycles. The van der Waals surface area contributed by atoms with Gasteiger partial charge in [-0.05, 0) is 35.9 Å². The van der Waals surface area contributed by atoms with Crippen molar-refractivity contribution in [3.8, 4) is 6.07 Å². The van der Waals surface area contributed by atoms with E-state index in [9.17, 15) is 14.0 Å². The van der Waals surface area contributed by atoms with Gasteiger partial charge < -0.3 is 10.6 Å². The summed E-state index contributed by atoms with van der Waals surface area (Å²) in [4.78, 5) is 24.1. The standard InChI is InChI=1S/C20H15ClFN5O2S2/c21-16-9-14(22)5-6-15(16)18(29)24-8-7-17(28)25-19-26-27-20(31-19)30-11-13-3-1-12(10-23)2-4-13/h1-6,9H,7-8,11H2,(H,24,29)(H,25,26,28). The fourth-order valence-electron chi connectivity index (χ4n) is 2.38. The minimum atomic E-state index is -0.535. The summed E-state index contributed by atoms with van der Waals surface area (Å²) in [5, 5.41) is 22.4. The highest BCUT2D eigenvalue weighted by Crippen LogP contribution is 2.28. The Kier molecular flexibility index (Phi) is 7.94. The molecule has 0 aliphatic carbocycles. The number of thioether (sulfide) groups is 1. The van der Waals surface area contributed by atoms with Crippen molar-refractivity contribution in [3.05, 3.63) is 70.0 Å². The minimum absolute atomic E-state index is 0.00171. The molecule has 31 heavy (non-hydrogen) atoms. The number of nitrogens with one attached hydrogen (secondary N) is 2. The number of carbonyl (C=O) groups excluding carboxylic acids is 2. The summed E-state index contributed by atoms with van der Waals surface area (Å²) in [6, 6.07) is 12.8. The lowest BCUT2D eigenvalue weighted by molar-refractivity contribution is -0.116. The predicted molar refractivity (Wildman–Crippen MR) is 118 cm³/mol. The Morgan fingerprint density at radius 1 is 1.19 bits per heavy atom. The number of hydrogen-bond acceptors (Lipinski definition) is 7. The highest BCUT2D eigenvalue weighted by Gasteiger charge is 2.13. The van der Waals surface area contributed by atoms with Gasteiger partial charge in [0, 0.05) is 18.7 Å². The first-order valence-electron chi connectivity index (χ1n) is 8.93. The van der Waals surface area contributed by atoms with E-state index < -0.39 is 11.7 Å². The van der Waals surface area contributed by atoms with E-state index in [1.807, 2.05) is 12.1 Å². The van der Waals surface area contributed by atoms with Crippen molar-refractivity contribution in [3.63, 3.8) is 0 Å². The second-order valence-electron chi connectivity index (χ2n) is 6.15. The molecule has 0 aliphatic rings. The Bertz CT molecular complexity index is 1130. The summed E-state index contributed by atoms with van der Waals surface area (Å²) in [5.41, 5.74) is 1.78. The van der Waals surface area contributed by atoms with Gasteiger partial charge in [-0.15, -0.1) is 10.2 Å². The maximum absolute atomic E-state index is 13.0. The zero-order chi connectivity index (χ0) is 22.2. The summed E-state index contributed by atoms with van der Waals surface area (Å²) in [6.07, 6.45) is 0.0256. The maximum atomic E-state index is 13.0. The molecule has 0 aliphatic heterocycles. The quantitative estimate of drug-likeness (QED) is 0.372. The second-order valence-corrected chi connectivity index (χ2v) is 8.76. The van der Waals surface area contributed by atoms with Crippen LogP contribution in [0.4, 0.5) is 9.52 Å². The molecule has 1 heterocycles. The molecule has 3 rings (SSSR count). The van der Waals surface area contributed by atoms with Gasteiger partial charge in [-0.2, -0.15) is 5.26 Å². The van der Waals surface area contributed by atoms with Crippen molar-refractivity contribution in [2.75, 3.05) is 11.9 Å². The number of hydrogen-bond donors (Lipinski definition) is 2. The Labute approximate surface area is 190 Å². The summed E-state index contributed by atoms with van der Waals surface area (Å²) in [7, 11) is 0. The monoisotopic (exact) mass is 475 g/mol. The fourth-order valence-corrected chi connectivity index (χ4v) is 4.36. The summed E-state index contributed by atoms with van der Waals surface area (Å²) in [6.45, 7) is 0.0808. The number of nitriles is 1. The van der Waals surface area contributed by atoms with Crippen LogP contribution in [0.3, 0.4) is 0 Å². The lowest BCUT2D eigenvalue weighted by atomic mass is 10.2. The average Bonchev–Trinajstić information content (AvgIpc) is 3.19. The van der Waals surface area contributed by atoms with Gasteiger partial charge >= 0.3 is 0 Å². The summed E-state index contributed by atoms with van der Waals surface area (Å²) in [5.74, 6) is -0.695. The predicted octanol–water partition coefficient (Wildman–Crippen LogP) is 4.25. The first-order valence-corrected chi connectivity index (χ1v) is 11.1. The topological polar surface area (TPSA) is 108 Å². The third kappa shape index (κ3) is 6.75. The maximum Gasteiger partial charge on any atom is 0.252 e. The largest absolute Gasteiger partial charge is 0.351 e. The molecular weight excluding hydrogens is 461 g/mol. The van der Waals surface area contributed by atoms with Crippen molar-refractivity contribution in [2.45, 2.75) is 16.5 Å². The SMILES string of the molecule is N#Cc1ccc(CSc2nnc(NC(=O)CCNC(=O)c3ccc(F)cc3Cl)s2)cc1. The third-order valence-electron chi connectivity index (χ3n) is 3.91. The van der Waals surface area contributed by atoms with Gasteiger partial charge in [-0.1, -0.05) is 46.8 Å². The van der Waals surface area contributed by atoms with E-state index in [0.717, 1.165) is 17.7 Å². The molecule has 0 spiro atoms. The first-order chi connectivity index (χ1) is 14.9. The molecule has 158 valence electrons. The molecule has 0 unspecified atom stereocenters. The third-order valence-corrected chi connectivity index (χ3v) is 6.27. The summed E-state index contributed by atoms with van der Waals surface area (Å²) >= 11 is 8.56. The Morgan fingerprint density at radius 3 is 2.68 bits per heavy atom. The van der Waals surface area contributed by atoms with E-state index in [1.165, 1.54) is 29.2 Å². The van der Waals surface area contributed by atoms with Crippen LogP contribution in [-0.2, 0) is 10.5 Å². The Balaban J connectivity index is 1.42. The van der Waals surface area contributed by atoms with E-state index in [0.29, 0.717) is 20.8 Å². The van der Waals surface area contributed by atoms with Crippen LogP contribution in [0.2, 0.25) is 5.02 Å². The number of carbonyl (C=O) groups is 2. The van der Waals surface area contributed by atoms with Crippen LogP contribution < -0.4 is 10.6 Å². The van der Waals surface area contributed by atoms with E-state index in [1.54, 1.807) is 12.1 Å². The molecule has 0 bridgehead atoms. The highest BCUT2D eigenvalue weighted by molar-refractivity contribution is 8.00. The molecular formula is C20H15ClFN5O2S2. The zero-order valence-electron chi connectivity index (χ0n) is 15.9. The zero-order valence-corrected chi connectivity index (χ0v) is 18.3. The number of halogens is 2. The number of aromatic nitrogens is 2. The van der Waals surface area contributed by atoms with E-state index in [2.05, 4.69) is 26.9 Å². The summed E-state index contributed by atoms with van der Waals surface area (Å²) < 4.78 is 13.7. The van der Waals surface area contributed by atoms with Crippen LogP contribution in [0, 0.1) is 17.1 Å². The van der Waals surface area contributed by atoms with Crippen LogP contribution in [0.15, 0.2) is 46.8 Å². The lowest BCUT2D eigenvalue weighted by Gasteiger charge is -2.06. The van der Waals surface area contributed by atoms with Gasteiger partial charge in [0.25, 0.3) is 5.91 Å². The molecule has 0 atom stereocenters. The number of anilines is 1. The van der Waals surface area contributed by atoms with Crippen molar-refractivity contribution in [2.24, 2.45) is 0 Å². The second kappa shape index (κ2) is 10.9. The Morgan fingerprint density at radius 2 is 1.97 bits per heavy atom. The van der Waals surface area contributed by atoms with Crippen LogP contribution in [0.1, 0.15) is 27.9 Å². The van der Waals surface area contributed by atoms with Gasteiger partial charge in [-0.25, -0.2) is 4.39 Å². The van der Waals surface area contributed by atoms with Gasteiger partial charge in [0.2, 0.25) is 11.0 Å². The first kappa shape index (κ1) is 22.7. The molecule has 7 nitrogen and oxygen atoms in total. The molecule has 2 aromatic carbocycles. The van der Waals surface area contributed by atoms with Gasteiger partial charge in [0.1, 0.15) is 5.82 Å². The smallest absolute Gasteiger partial charge is 0.252 e. The van der Waals surface area contributed by atoms with E-state index in [4.69, 9.17) is 16.9 Å². The van der Waals surface area contributed by atoms with Gasteiger partial charge in [0.15, 0.2) is 4.34 Å². The number of amides is 2. The molecule has 0 fully saturated rings. The average molecular weight is 476 g/mol. The molecule has 11 heteroatoms. The number of nitrogens with zero attached hydrogens (tertiary/aromatic N) is 3. The highest BCUT2D eigenvalue weighted by atomic mass is 35.5. The van der Waals surface area contributed by atoms with E-state index >= 15 is 0 Å². The van der Waals surface area contributed by atoms with Crippen LogP contribution in [0.25, 0.3) is 0 Å². The fraction of sp³-hybridized carbons (Fsp3) is 0.150. The van der Waals surface area contributed by atoms with Crippen LogP contribution >= 0.6 is 34.7 Å². The Hall–Kier alpha value is -3.00. The lowest BCUT2D eigenvalue weighted by Crippen LogP contribution is -2.27. The van der Waals surface area contributed by atoms with E-state index in [-0.39, 0.29) is 29.5 Å².